The zero-order valence-corrected chi connectivity index (χ0v) is 19.0. The van der Waals surface area contributed by atoms with Gasteiger partial charge in [-0.15, -0.1) is 0 Å². The third-order valence-electron chi connectivity index (χ3n) is 5.94. The molecule has 0 radical (unpaired) electrons. The second kappa shape index (κ2) is 9.79. The van der Waals surface area contributed by atoms with Crippen molar-refractivity contribution in [2.24, 2.45) is 0 Å². The highest BCUT2D eigenvalue weighted by atomic mass is 16.5. The summed E-state index contributed by atoms with van der Waals surface area (Å²) >= 11 is 0. The molecule has 0 fully saturated rings. The normalized spacial score (nSPS) is 12.9. The van der Waals surface area contributed by atoms with Gasteiger partial charge in [-0.25, -0.2) is 9.59 Å². The van der Waals surface area contributed by atoms with Crippen LogP contribution in [0.25, 0.3) is 11.1 Å². The Morgan fingerprint density at radius 1 is 0.971 bits per heavy atom. The Morgan fingerprint density at radius 2 is 1.59 bits per heavy atom. The van der Waals surface area contributed by atoms with Crippen molar-refractivity contribution in [3.05, 3.63) is 89.0 Å². The number of anilines is 1. The average Bonchev–Trinajstić information content (AvgIpc) is 3.11. The second-order valence-corrected chi connectivity index (χ2v) is 8.46. The average molecular weight is 459 g/mol. The van der Waals surface area contributed by atoms with Crippen molar-refractivity contribution < 1.29 is 24.2 Å². The summed E-state index contributed by atoms with van der Waals surface area (Å²) in [6.07, 6.45) is -0.534. The maximum Gasteiger partial charge on any atom is 0.407 e. The van der Waals surface area contributed by atoms with Gasteiger partial charge in [-0.3, -0.25) is 4.79 Å². The molecule has 174 valence electrons. The number of fused-ring (bicyclic) bond motifs is 3. The van der Waals surface area contributed by atoms with E-state index < -0.39 is 18.1 Å². The van der Waals surface area contributed by atoms with E-state index in [4.69, 9.17) is 9.84 Å². The van der Waals surface area contributed by atoms with Crippen LogP contribution in [0.1, 0.15) is 46.3 Å². The molecule has 0 spiro atoms. The van der Waals surface area contributed by atoms with Crippen molar-refractivity contribution >= 4 is 23.7 Å². The molecule has 0 aliphatic heterocycles. The van der Waals surface area contributed by atoms with Crippen molar-refractivity contribution in [1.82, 2.24) is 5.32 Å². The topological polar surface area (TPSA) is 105 Å². The minimum atomic E-state index is -1.02. The summed E-state index contributed by atoms with van der Waals surface area (Å²) in [6, 6.07) is 20.4. The Labute approximate surface area is 197 Å². The van der Waals surface area contributed by atoms with E-state index in [1.807, 2.05) is 24.3 Å². The van der Waals surface area contributed by atoms with Crippen LogP contribution in [0, 0.1) is 6.92 Å². The minimum Gasteiger partial charge on any atom is -0.478 e. The summed E-state index contributed by atoms with van der Waals surface area (Å²) in [5.74, 6) is -1.35. The number of amides is 2. The van der Waals surface area contributed by atoms with E-state index in [2.05, 4.69) is 34.9 Å². The Bertz CT molecular complexity index is 1210. The number of aromatic carboxylic acids is 1. The number of carboxylic acid groups (broad SMARTS) is 1. The molecule has 3 aromatic rings. The van der Waals surface area contributed by atoms with Gasteiger partial charge >= 0.3 is 12.1 Å². The van der Waals surface area contributed by atoms with Gasteiger partial charge in [-0.1, -0.05) is 48.5 Å². The Hall–Kier alpha value is -4.13. The number of alkyl carbamates (subject to hydrolysis) is 1. The van der Waals surface area contributed by atoms with Crippen LogP contribution in [0.2, 0.25) is 0 Å². The molecule has 34 heavy (non-hydrogen) atoms. The summed E-state index contributed by atoms with van der Waals surface area (Å²) in [6.45, 7) is 3.59. The first-order valence-electron chi connectivity index (χ1n) is 11.1. The van der Waals surface area contributed by atoms with Crippen LogP contribution in [-0.4, -0.2) is 35.7 Å². The first kappa shape index (κ1) is 23.0. The highest BCUT2D eigenvalue weighted by Gasteiger charge is 2.29. The molecule has 0 bridgehead atoms. The monoisotopic (exact) mass is 458 g/mol. The smallest absolute Gasteiger partial charge is 0.407 e. The van der Waals surface area contributed by atoms with Gasteiger partial charge in [-0.2, -0.15) is 0 Å². The van der Waals surface area contributed by atoms with Crippen LogP contribution in [-0.2, 0) is 9.53 Å². The van der Waals surface area contributed by atoms with Gasteiger partial charge in [0.25, 0.3) is 0 Å². The van der Waals surface area contributed by atoms with E-state index in [0.717, 1.165) is 22.3 Å². The van der Waals surface area contributed by atoms with Gasteiger partial charge in [0, 0.05) is 24.1 Å². The van der Waals surface area contributed by atoms with Crippen molar-refractivity contribution in [1.29, 1.82) is 0 Å². The molecule has 0 heterocycles. The molecule has 2 amide bonds. The Morgan fingerprint density at radius 3 is 2.18 bits per heavy atom. The van der Waals surface area contributed by atoms with E-state index in [0.29, 0.717) is 11.3 Å². The molecule has 3 aromatic carbocycles. The highest BCUT2D eigenvalue weighted by Crippen LogP contribution is 2.44. The summed E-state index contributed by atoms with van der Waals surface area (Å²) in [4.78, 5) is 35.9. The molecule has 0 saturated carbocycles. The number of hydrogen-bond donors (Lipinski definition) is 3. The first-order chi connectivity index (χ1) is 16.3. The molecule has 0 saturated heterocycles. The van der Waals surface area contributed by atoms with E-state index >= 15 is 0 Å². The van der Waals surface area contributed by atoms with Gasteiger partial charge in [0.1, 0.15) is 6.61 Å². The number of hydrogen-bond acceptors (Lipinski definition) is 4. The molecule has 1 aliphatic carbocycles. The molecule has 4 rings (SSSR count). The largest absolute Gasteiger partial charge is 0.478 e. The van der Waals surface area contributed by atoms with Gasteiger partial charge in [0.15, 0.2) is 0 Å². The fourth-order valence-electron chi connectivity index (χ4n) is 4.36. The number of benzene rings is 3. The van der Waals surface area contributed by atoms with Crippen molar-refractivity contribution in [2.45, 2.75) is 32.2 Å². The molecule has 7 nitrogen and oxygen atoms in total. The van der Waals surface area contributed by atoms with Crippen LogP contribution in [0.5, 0.6) is 0 Å². The molecule has 1 atom stereocenters. The number of rotatable bonds is 7. The minimum absolute atomic E-state index is 0.0335. The number of nitrogens with one attached hydrogen (secondary N) is 2. The molecule has 3 N–H and O–H groups in total. The number of carboxylic acids is 1. The standard InChI is InChI=1S/C27H26N2O5/c1-16-13-18(11-12-19(16)26(31)32)29-25(30)14-17(2)28-27(33)34-15-24-22-9-5-3-7-20(22)21-8-4-6-10-23(21)24/h3-13,17,24H,14-15H2,1-2H3,(H,28,33)(H,29,30)(H,31,32). The van der Waals surface area contributed by atoms with Crippen LogP contribution in [0.4, 0.5) is 10.5 Å². The van der Waals surface area contributed by atoms with Gasteiger partial charge < -0.3 is 20.5 Å². The molecular weight excluding hydrogens is 432 g/mol. The zero-order valence-electron chi connectivity index (χ0n) is 19.0. The summed E-state index contributed by atoms with van der Waals surface area (Å²) in [5.41, 5.74) is 5.81. The molecule has 7 heteroatoms. The fourth-order valence-corrected chi connectivity index (χ4v) is 4.36. The predicted molar refractivity (Wildman–Crippen MR) is 129 cm³/mol. The van der Waals surface area contributed by atoms with Crippen molar-refractivity contribution in [3.63, 3.8) is 0 Å². The summed E-state index contributed by atoms with van der Waals surface area (Å²) in [7, 11) is 0. The Balaban J connectivity index is 1.30. The number of aryl methyl sites for hydroxylation is 1. The number of carbonyl (C=O) groups is 3. The summed E-state index contributed by atoms with van der Waals surface area (Å²) < 4.78 is 5.52. The van der Waals surface area contributed by atoms with Crippen LogP contribution in [0.3, 0.4) is 0 Å². The van der Waals surface area contributed by atoms with E-state index in [-0.39, 0.29) is 30.4 Å². The lowest BCUT2D eigenvalue weighted by atomic mass is 9.98. The Kier molecular flexibility index (Phi) is 6.63. The van der Waals surface area contributed by atoms with Crippen LogP contribution in [0.15, 0.2) is 66.7 Å². The number of carbonyl (C=O) groups excluding carboxylic acids is 2. The van der Waals surface area contributed by atoms with Crippen molar-refractivity contribution in [3.8, 4) is 11.1 Å². The molecule has 1 unspecified atom stereocenters. The van der Waals surface area contributed by atoms with Crippen LogP contribution < -0.4 is 10.6 Å². The lowest BCUT2D eigenvalue weighted by Crippen LogP contribution is -2.36. The van der Waals surface area contributed by atoms with Crippen LogP contribution >= 0.6 is 0 Å². The third kappa shape index (κ3) is 4.93. The quantitative estimate of drug-likeness (QED) is 0.465. The van der Waals surface area contributed by atoms with E-state index in [9.17, 15) is 14.4 Å². The fraction of sp³-hybridized carbons (Fsp3) is 0.222. The highest BCUT2D eigenvalue weighted by molar-refractivity contribution is 5.93. The lowest BCUT2D eigenvalue weighted by Gasteiger charge is -2.17. The molecular formula is C27H26N2O5. The van der Waals surface area contributed by atoms with Crippen molar-refractivity contribution in [2.75, 3.05) is 11.9 Å². The molecule has 1 aliphatic rings. The SMILES string of the molecule is Cc1cc(NC(=O)CC(C)NC(=O)OCC2c3ccccc3-c3ccccc32)ccc1C(=O)O. The maximum atomic E-state index is 12.4. The first-order valence-corrected chi connectivity index (χ1v) is 11.1. The molecule has 0 aromatic heterocycles. The van der Waals surface area contributed by atoms with E-state index in [1.54, 1.807) is 19.9 Å². The number of ether oxygens (including phenoxy) is 1. The zero-order chi connectivity index (χ0) is 24.2. The van der Waals surface area contributed by atoms with Gasteiger partial charge in [0.05, 0.1) is 5.56 Å². The van der Waals surface area contributed by atoms with Gasteiger partial charge in [0.2, 0.25) is 5.91 Å². The van der Waals surface area contributed by atoms with E-state index in [1.165, 1.54) is 12.1 Å². The maximum absolute atomic E-state index is 12.4. The third-order valence-corrected chi connectivity index (χ3v) is 5.94. The summed E-state index contributed by atoms with van der Waals surface area (Å²) in [5, 5.41) is 14.5. The van der Waals surface area contributed by atoms with Gasteiger partial charge in [-0.05, 0) is 59.9 Å². The predicted octanol–water partition coefficient (Wildman–Crippen LogP) is 4.95. The lowest BCUT2D eigenvalue weighted by molar-refractivity contribution is -0.116. The second-order valence-electron chi connectivity index (χ2n) is 8.46.